The summed E-state index contributed by atoms with van der Waals surface area (Å²) in [6.07, 6.45) is -4.43. The largest absolute Gasteiger partial charge is 0.497 e. The maximum absolute atomic E-state index is 12.1. The molecule has 1 aromatic carbocycles. The molecule has 0 aliphatic rings. The summed E-state index contributed by atoms with van der Waals surface area (Å²) < 4.78 is 41.2. The van der Waals surface area contributed by atoms with E-state index in [-0.39, 0.29) is 12.0 Å². The van der Waals surface area contributed by atoms with Crippen molar-refractivity contribution in [2.45, 2.75) is 26.1 Å². The minimum atomic E-state index is -4.43. The van der Waals surface area contributed by atoms with Crippen LogP contribution in [-0.4, -0.2) is 25.9 Å². The lowest BCUT2D eigenvalue weighted by molar-refractivity contribution is -0.122. The minimum Gasteiger partial charge on any atom is -0.497 e. The molecule has 0 radical (unpaired) electrons. The van der Waals surface area contributed by atoms with E-state index in [1.54, 1.807) is 29.6 Å². The molecule has 4 nitrogen and oxygen atoms in total. The van der Waals surface area contributed by atoms with Gasteiger partial charge in [0, 0.05) is 0 Å². The Bertz CT molecular complexity index is 458. The number of nitrogens with one attached hydrogen (secondary N) is 2. The Balaban J connectivity index is 2.71. The SMILES string of the molecule is COc1ccc(C(NC(=O)NCC(F)(F)F)C(C)C)cc1. The van der Waals surface area contributed by atoms with Crippen LogP contribution in [-0.2, 0) is 0 Å². The highest BCUT2D eigenvalue weighted by Crippen LogP contribution is 2.23. The summed E-state index contributed by atoms with van der Waals surface area (Å²) in [6, 6.07) is 5.78. The average molecular weight is 304 g/mol. The van der Waals surface area contributed by atoms with E-state index in [2.05, 4.69) is 5.32 Å². The second-order valence-electron chi connectivity index (χ2n) is 4.94. The van der Waals surface area contributed by atoms with Crippen LogP contribution >= 0.6 is 0 Å². The fourth-order valence-electron chi connectivity index (χ4n) is 1.82. The molecule has 0 heterocycles. The van der Waals surface area contributed by atoms with Crippen molar-refractivity contribution in [3.05, 3.63) is 29.8 Å². The molecule has 1 unspecified atom stereocenters. The Labute approximate surface area is 121 Å². The molecule has 2 amide bonds. The van der Waals surface area contributed by atoms with Crippen LogP contribution in [0, 0.1) is 5.92 Å². The van der Waals surface area contributed by atoms with Crippen molar-refractivity contribution in [3.8, 4) is 5.75 Å². The normalized spacial score (nSPS) is 12.9. The molecular formula is C14H19F3N2O2. The monoisotopic (exact) mass is 304 g/mol. The number of carbonyl (C=O) groups is 1. The average Bonchev–Trinajstić information content (AvgIpc) is 2.41. The number of methoxy groups -OCH3 is 1. The molecule has 0 saturated carbocycles. The highest BCUT2D eigenvalue weighted by molar-refractivity contribution is 5.74. The van der Waals surface area contributed by atoms with Gasteiger partial charge in [0.1, 0.15) is 12.3 Å². The van der Waals surface area contributed by atoms with Gasteiger partial charge in [0.05, 0.1) is 13.2 Å². The van der Waals surface area contributed by atoms with Gasteiger partial charge in [-0.15, -0.1) is 0 Å². The molecule has 0 spiro atoms. The molecule has 0 saturated heterocycles. The van der Waals surface area contributed by atoms with Gasteiger partial charge in [-0.2, -0.15) is 13.2 Å². The third-order valence-electron chi connectivity index (χ3n) is 2.88. The smallest absolute Gasteiger partial charge is 0.405 e. The van der Waals surface area contributed by atoms with Crippen LogP contribution in [0.5, 0.6) is 5.75 Å². The first-order valence-corrected chi connectivity index (χ1v) is 6.48. The number of amides is 2. The molecule has 0 bridgehead atoms. The summed E-state index contributed by atoms with van der Waals surface area (Å²) in [5.74, 6) is 0.692. The summed E-state index contributed by atoms with van der Waals surface area (Å²) in [6.45, 7) is 2.39. The van der Waals surface area contributed by atoms with Crippen molar-refractivity contribution >= 4 is 6.03 Å². The highest BCUT2D eigenvalue weighted by Gasteiger charge is 2.28. The number of benzene rings is 1. The maximum Gasteiger partial charge on any atom is 0.405 e. The van der Waals surface area contributed by atoms with E-state index < -0.39 is 18.8 Å². The molecule has 1 aromatic rings. The molecule has 1 atom stereocenters. The highest BCUT2D eigenvalue weighted by atomic mass is 19.4. The van der Waals surface area contributed by atoms with Crippen LogP contribution in [0.4, 0.5) is 18.0 Å². The fourth-order valence-corrected chi connectivity index (χ4v) is 1.82. The zero-order valence-electron chi connectivity index (χ0n) is 12.1. The first-order valence-electron chi connectivity index (χ1n) is 6.48. The molecule has 1 rings (SSSR count). The van der Waals surface area contributed by atoms with E-state index in [1.165, 1.54) is 7.11 Å². The zero-order chi connectivity index (χ0) is 16.0. The Morgan fingerprint density at radius 2 is 1.81 bits per heavy atom. The third kappa shape index (κ3) is 5.93. The fraction of sp³-hybridized carbons (Fsp3) is 0.500. The van der Waals surface area contributed by atoms with Gasteiger partial charge < -0.3 is 15.4 Å². The van der Waals surface area contributed by atoms with Gasteiger partial charge >= 0.3 is 12.2 Å². The molecular weight excluding hydrogens is 285 g/mol. The van der Waals surface area contributed by atoms with E-state index >= 15 is 0 Å². The van der Waals surface area contributed by atoms with Gasteiger partial charge in [0.25, 0.3) is 0 Å². The van der Waals surface area contributed by atoms with Crippen molar-refractivity contribution in [3.63, 3.8) is 0 Å². The second kappa shape index (κ2) is 7.19. The number of carbonyl (C=O) groups excluding carboxylic acids is 1. The lowest BCUT2D eigenvalue weighted by Crippen LogP contribution is -2.43. The Morgan fingerprint density at radius 3 is 2.24 bits per heavy atom. The zero-order valence-corrected chi connectivity index (χ0v) is 12.1. The van der Waals surface area contributed by atoms with Crippen LogP contribution in [0.15, 0.2) is 24.3 Å². The van der Waals surface area contributed by atoms with Gasteiger partial charge in [-0.25, -0.2) is 4.79 Å². The molecule has 21 heavy (non-hydrogen) atoms. The van der Waals surface area contributed by atoms with Crippen LogP contribution in [0.2, 0.25) is 0 Å². The Morgan fingerprint density at radius 1 is 1.24 bits per heavy atom. The van der Waals surface area contributed by atoms with Crippen molar-refractivity contribution < 1.29 is 22.7 Å². The number of hydrogen-bond donors (Lipinski definition) is 2. The van der Waals surface area contributed by atoms with E-state index in [0.717, 1.165) is 5.56 Å². The molecule has 2 N–H and O–H groups in total. The van der Waals surface area contributed by atoms with Crippen molar-refractivity contribution in [2.24, 2.45) is 5.92 Å². The van der Waals surface area contributed by atoms with E-state index in [1.807, 2.05) is 13.8 Å². The maximum atomic E-state index is 12.1. The number of alkyl halides is 3. The lowest BCUT2D eigenvalue weighted by Gasteiger charge is -2.23. The predicted molar refractivity (Wildman–Crippen MR) is 73.2 cm³/mol. The molecule has 0 aromatic heterocycles. The second-order valence-corrected chi connectivity index (χ2v) is 4.94. The summed E-state index contributed by atoms with van der Waals surface area (Å²) in [5, 5.41) is 4.35. The number of halogens is 3. The summed E-state index contributed by atoms with van der Waals surface area (Å²) >= 11 is 0. The Hall–Kier alpha value is -1.92. The van der Waals surface area contributed by atoms with Crippen LogP contribution < -0.4 is 15.4 Å². The molecule has 118 valence electrons. The number of urea groups is 1. The van der Waals surface area contributed by atoms with E-state index in [0.29, 0.717) is 5.75 Å². The van der Waals surface area contributed by atoms with Crippen LogP contribution in [0.1, 0.15) is 25.5 Å². The predicted octanol–water partition coefficient (Wildman–Crippen LogP) is 3.25. The Kier molecular flexibility index (Phi) is 5.87. The molecule has 0 aliphatic heterocycles. The molecule has 0 aliphatic carbocycles. The van der Waals surface area contributed by atoms with Crippen LogP contribution in [0.25, 0.3) is 0 Å². The van der Waals surface area contributed by atoms with Gasteiger partial charge in [-0.05, 0) is 23.6 Å². The van der Waals surface area contributed by atoms with Crippen molar-refractivity contribution in [1.82, 2.24) is 10.6 Å². The van der Waals surface area contributed by atoms with Gasteiger partial charge in [-0.1, -0.05) is 26.0 Å². The van der Waals surface area contributed by atoms with Crippen molar-refractivity contribution in [1.29, 1.82) is 0 Å². The number of rotatable bonds is 5. The first kappa shape index (κ1) is 17.1. The van der Waals surface area contributed by atoms with Crippen LogP contribution in [0.3, 0.4) is 0 Å². The van der Waals surface area contributed by atoms with E-state index in [9.17, 15) is 18.0 Å². The van der Waals surface area contributed by atoms with Gasteiger partial charge in [0.15, 0.2) is 0 Å². The van der Waals surface area contributed by atoms with Gasteiger partial charge in [0.2, 0.25) is 0 Å². The topological polar surface area (TPSA) is 50.4 Å². The molecule has 0 fully saturated rings. The molecule has 7 heteroatoms. The standard InChI is InChI=1S/C14H19F3N2O2/c1-9(2)12(10-4-6-11(21-3)7-5-10)19-13(20)18-8-14(15,16)17/h4-7,9,12H,8H2,1-3H3,(H2,18,19,20). The summed E-state index contributed by atoms with van der Waals surface area (Å²) in [4.78, 5) is 11.6. The first-order chi connectivity index (χ1) is 9.73. The van der Waals surface area contributed by atoms with Gasteiger partial charge in [-0.3, -0.25) is 0 Å². The van der Waals surface area contributed by atoms with Crippen molar-refractivity contribution in [2.75, 3.05) is 13.7 Å². The third-order valence-corrected chi connectivity index (χ3v) is 2.88. The lowest BCUT2D eigenvalue weighted by atomic mass is 9.96. The van der Waals surface area contributed by atoms with E-state index in [4.69, 9.17) is 4.74 Å². The quantitative estimate of drug-likeness (QED) is 0.877. The number of hydrogen-bond acceptors (Lipinski definition) is 2. The minimum absolute atomic E-state index is 0.0232. The summed E-state index contributed by atoms with van der Waals surface area (Å²) in [5.41, 5.74) is 0.799. The summed E-state index contributed by atoms with van der Waals surface area (Å²) in [7, 11) is 1.54. The number of ether oxygens (including phenoxy) is 1.